The minimum Gasteiger partial charge on any atom is -0.300 e. The fraction of sp³-hybridized carbons (Fsp3) is 0.154. The second-order valence-corrected chi connectivity index (χ2v) is 3.71. The van der Waals surface area contributed by atoms with Crippen molar-refractivity contribution in [3.63, 3.8) is 0 Å². The standard InChI is InChI=1S/C13H11NO2/c1-9(15)7-13(16)11-4-5-12-10(8-11)3-2-6-14-12/h2-6,8H,7H2,1H3. The summed E-state index contributed by atoms with van der Waals surface area (Å²) in [5.74, 6) is -0.255. The molecule has 16 heavy (non-hydrogen) atoms. The average molecular weight is 213 g/mol. The van der Waals surface area contributed by atoms with Crippen molar-refractivity contribution < 1.29 is 9.59 Å². The van der Waals surface area contributed by atoms with E-state index in [-0.39, 0.29) is 18.0 Å². The SMILES string of the molecule is CC(=O)CC(=O)c1ccc2ncccc2c1. The first-order valence-corrected chi connectivity index (χ1v) is 5.04. The quantitative estimate of drug-likeness (QED) is 0.581. The third-order valence-electron chi connectivity index (χ3n) is 2.33. The number of benzene rings is 1. The second kappa shape index (κ2) is 4.23. The highest BCUT2D eigenvalue weighted by molar-refractivity contribution is 6.08. The topological polar surface area (TPSA) is 47.0 Å². The van der Waals surface area contributed by atoms with Gasteiger partial charge in [0.2, 0.25) is 0 Å². The Morgan fingerprint density at radius 2 is 2.06 bits per heavy atom. The fourth-order valence-corrected chi connectivity index (χ4v) is 1.58. The number of aromatic nitrogens is 1. The van der Waals surface area contributed by atoms with E-state index in [9.17, 15) is 9.59 Å². The lowest BCUT2D eigenvalue weighted by Gasteiger charge is -2.01. The summed E-state index contributed by atoms with van der Waals surface area (Å²) < 4.78 is 0. The van der Waals surface area contributed by atoms with Gasteiger partial charge in [0.25, 0.3) is 0 Å². The van der Waals surface area contributed by atoms with E-state index in [4.69, 9.17) is 0 Å². The molecule has 0 atom stereocenters. The van der Waals surface area contributed by atoms with E-state index in [2.05, 4.69) is 4.98 Å². The number of hydrogen-bond acceptors (Lipinski definition) is 3. The molecule has 0 amide bonds. The molecular formula is C13H11NO2. The molecule has 2 aromatic rings. The van der Waals surface area contributed by atoms with Crippen LogP contribution < -0.4 is 0 Å². The maximum absolute atomic E-state index is 11.7. The van der Waals surface area contributed by atoms with Crippen LogP contribution in [-0.4, -0.2) is 16.6 Å². The molecular weight excluding hydrogens is 202 g/mol. The molecule has 3 nitrogen and oxygen atoms in total. The van der Waals surface area contributed by atoms with Gasteiger partial charge < -0.3 is 0 Å². The van der Waals surface area contributed by atoms with Crippen LogP contribution in [0.5, 0.6) is 0 Å². The summed E-state index contributed by atoms with van der Waals surface area (Å²) in [4.78, 5) is 26.7. The van der Waals surface area contributed by atoms with Crippen molar-refractivity contribution in [2.75, 3.05) is 0 Å². The molecule has 1 aromatic heterocycles. The van der Waals surface area contributed by atoms with Crippen LogP contribution in [0.15, 0.2) is 36.5 Å². The van der Waals surface area contributed by atoms with Gasteiger partial charge in [0.15, 0.2) is 5.78 Å². The van der Waals surface area contributed by atoms with E-state index in [1.165, 1.54) is 6.92 Å². The van der Waals surface area contributed by atoms with E-state index in [0.29, 0.717) is 5.56 Å². The number of hydrogen-bond donors (Lipinski definition) is 0. The minimum absolute atomic E-state index is 0.0359. The minimum atomic E-state index is -0.141. The molecule has 0 N–H and O–H groups in total. The Hall–Kier alpha value is -2.03. The molecule has 0 saturated heterocycles. The number of Topliss-reactive ketones (excluding diaryl/α,β-unsaturated/α-hetero) is 2. The van der Waals surface area contributed by atoms with Gasteiger partial charge in [-0.05, 0) is 31.2 Å². The molecule has 0 aliphatic carbocycles. The monoisotopic (exact) mass is 213 g/mol. The summed E-state index contributed by atoms with van der Waals surface area (Å²) in [6.45, 7) is 1.42. The highest BCUT2D eigenvalue weighted by Gasteiger charge is 2.08. The number of carbonyl (C=O) groups is 2. The van der Waals surface area contributed by atoms with Crippen LogP contribution in [0.25, 0.3) is 10.9 Å². The molecule has 0 aliphatic rings. The largest absolute Gasteiger partial charge is 0.300 e. The lowest BCUT2D eigenvalue weighted by molar-refractivity contribution is -0.116. The molecule has 0 spiro atoms. The lowest BCUT2D eigenvalue weighted by atomic mass is 10.0. The molecule has 0 radical (unpaired) electrons. The van der Waals surface area contributed by atoms with Crippen LogP contribution >= 0.6 is 0 Å². The molecule has 2 rings (SSSR count). The number of fused-ring (bicyclic) bond motifs is 1. The van der Waals surface area contributed by atoms with E-state index in [1.54, 1.807) is 24.4 Å². The van der Waals surface area contributed by atoms with Crippen molar-refractivity contribution in [2.24, 2.45) is 0 Å². The van der Waals surface area contributed by atoms with Crippen LogP contribution in [0.4, 0.5) is 0 Å². The molecule has 1 aromatic carbocycles. The van der Waals surface area contributed by atoms with E-state index in [1.807, 2.05) is 12.1 Å². The smallest absolute Gasteiger partial charge is 0.170 e. The molecule has 80 valence electrons. The Kier molecular flexibility index (Phi) is 2.77. The predicted octanol–water partition coefficient (Wildman–Crippen LogP) is 2.40. The number of ketones is 2. The van der Waals surface area contributed by atoms with E-state index in [0.717, 1.165) is 10.9 Å². The summed E-state index contributed by atoms with van der Waals surface area (Å²) in [6.07, 6.45) is 1.67. The van der Waals surface area contributed by atoms with Crippen LogP contribution in [0.1, 0.15) is 23.7 Å². The molecule has 0 fully saturated rings. The van der Waals surface area contributed by atoms with Crippen LogP contribution in [0.2, 0.25) is 0 Å². The Morgan fingerprint density at radius 3 is 2.81 bits per heavy atom. The van der Waals surface area contributed by atoms with Crippen molar-refractivity contribution in [3.05, 3.63) is 42.1 Å². The first kappa shape index (κ1) is 10.5. The van der Waals surface area contributed by atoms with Gasteiger partial charge in [0.1, 0.15) is 5.78 Å². The van der Waals surface area contributed by atoms with Crippen molar-refractivity contribution in [1.82, 2.24) is 4.98 Å². The van der Waals surface area contributed by atoms with E-state index >= 15 is 0 Å². The van der Waals surface area contributed by atoms with Crippen molar-refractivity contribution in [2.45, 2.75) is 13.3 Å². The zero-order chi connectivity index (χ0) is 11.5. The van der Waals surface area contributed by atoms with Gasteiger partial charge in [-0.3, -0.25) is 14.6 Å². The van der Waals surface area contributed by atoms with Crippen LogP contribution in [0, 0.1) is 0 Å². The van der Waals surface area contributed by atoms with Gasteiger partial charge in [0, 0.05) is 17.1 Å². The summed E-state index contributed by atoms with van der Waals surface area (Å²) in [7, 11) is 0. The lowest BCUT2D eigenvalue weighted by Crippen LogP contribution is -2.04. The normalized spacial score (nSPS) is 10.3. The summed E-state index contributed by atoms with van der Waals surface area (Å²) in [5.41, 5.74) is 1.41. The zero-order valence-corrected chi connectivity index (χ0v) is 8.93. The summed E-state index contributed by atoms with van der Waals surface area (Å²) in [5, 5.41) is 0.914. The van der Waals surface area contributed by atoms with Crippen molar-refractivity contribution >= 4 is 22.5 Å². The number of carbonyl (C=O) groups excluding carboxylic acids is 2. The van der Waals surface area contributed by atoms with Crippen molar-refractivity contribution in [3.8, 4) is 0 Å². The summed E-state index contributed by atoms with van der Waals surface area (Å²) in [6, 6.07) is 8.99. The maximum atomic E-state index is 11.7. The van der Waals surface area contributed by atoms with Gasteiger partial charge in [-0.1, -0.05) is 6.07 Å². The average Bonchev–Trinajstić information content (AvgIpc) is 2.27. The molecule has 0 unspecified atom stereocenters. The Balaban J connectivity index is 2.39. The first-order valence-electron chi connectivity index (χ1n) is 5.04. The molecule has 1 heterocycles. The molecule has 0 saturated carbocycles. The van der Waals surface area contributed by atoms with Crippen LogP contribution in [-0.2, 0) is 4.79 Å². The van der Waals surface area contributed by atoms with Gasteiger partial charge in [-0.2, -0.15) is 0 Å². The molecule has 0 aliphatic heterocycles. The summed E-state index contributed by atoms with van der Waals surface area (Å²) >= 11 is 0. The predicted molar refractivity (Wildman–Crippen MR) is 61.4 cm³/mol. The Morgan fingerprint density at radius 1 is 1.25 bits per heavy atom. The number of nitrogens with zero attached hydrogens (tertiary/aromatic N) is 1. The Bertz CT molecular complexity index is 561. The number of pyridine rings is 1. The third-order valence-corrected chi connectivity index (χ3v) is 2.33. The second-order valence-electron chi connectivity index (χ2n) is 3.71. The van der Waals surface area contributed by atoms with Gasteiger partial charge in [-0.25, -0.2) is 0 Å². The maximum Gasteiger partial charge on any atom is 0.170 e. The molecule has 3 heteroatoms. The van der Waals surface area contributed by atoms with Gasteiger partial charge in [-0.15, -0.1) is 0 Å². The van der Waals surface area contributed by atoms with Crippen molar-refractivity contribution in [1.29, 1.82) is 0 Å². The number of rotatable bonds is 3. The van der Waals surface area contributed by atoms with Gasteiger partial charge in [0.05, 0.1) is 11.9 Å². The Labute approximate surface area is 93.1 Å². The van der Waals surface area contributed by atoms with Crippen LogP contribution in [0.3, 0.4) is 0 Å². The highest BCUT2D eigenvalue weighted by Crippen LogP contribution is 2.14. The first-order chi connectivity index (χ1) is 7.66. The molecule has 0 bridgehead atoms. The third kappa shape index (κ3) is 2.14. The highest BCUT2D eigenvalue weighted by atomic mass is 16.1. The fourth-order valence-electron chi connectivity index (χ4n) is 1.58. The van der Waals surface area contributed by atoms with Gasteiger partial charge >= 0.3 is 0 Å². The zero-order valence-electron chi connectivity index (χ0n) is 8.93. The van der Waals surface area contributed by atoms with E-state index < -0.39 is 0 Å².